The molecule has 3 aromatic rings. The number of aromatic nitrogens is 2. The van der Waals surface area contributed by atoms with E-state index in [2.05, 4.69) is 15.3 Å². The number of fused-ring (bicyclic) bond motifs is 1. The zero-order chi connectivity index (χ0) is 18.5. The molecular weight excluding hydrogens is 358 g/mol. The van der Waals surface area contributed by atoms with E-state index in [1.54, 1.807) is 38.5 Å². The summed E-state index contributed by atoms with van der Waals surface area (Å²) >= 11 is 6.14. The highest BCUT2D eigenvalue weighted by Crippen LogP contribution is 2.37. The maximum Gasteiger partial charge on any atom is 0.163 e. The first kappa shape index (κ1) is 18.0. The maximum absolute atomic E-state index is 9.76. The van der Waals surface area contributed by atoms with Crippen molar-refractivity contribution >= 4 is 34.0 Å². The predicted octanol–water partition coefficient (Wildman–Crippen LogP) is 3.77. The average Bonchev–Trinajstić information content (AvgIpc) is 2.65. The Bertz CT molecular complexity index is 920. The summed E-state index contributed by atoms with van der Waals surface area (Å²) in [5.41, 5.74) is 1.21. The third kappa shape index (κ3) is 3.74. The molecule has 26 heavy (non-hydrogen) atoms. The number of ether oxygens (including phenoxy) is 3. The molecule has 0 saturated carbocycles. The summed E-state index contributed by atoms with van der Waals surface area (Å²) < 4.78 is 16.1. The van der Waals surface area contributed by atoms with Crippen molar-refractivity contribution in [2.75, 3.05) is 32.8 Å². The van der Waals surface area contributed by atoms with Crippen molar-refractivity contribution < 1.29 is 19.3 Å². The van der Waals surface area contributed by atoms with Crippen LogP contribution in [0.1, 0.15) is 0 Å². The SMILES string of the molecule is COCCOc1cc2ncnc(Nc3cccc(O)c3Cl)c2cc1OC. The van der Waals surface area contributed by atoms with Gasteiger partial charge < -0.3 is 24.6 Å². The Morgan fingerprint density at radius 2 is 1.96 bits per heavy atom. The van der Waals surface area contributed by atoms with Crippen LogP contribution in [0.2, 0.25) is 5.02 Å². The number of methoxy groups -OCH3 is 2. The molecule has 2 N–H and O–H groups in total. The molecule has 0 aliphatic carbocycles. The highest BCUT2D eigenvalue weighted by Gasteiger charge is 2.13. The zero-order valence-electron chi connectivity index (χ0n) is 14.3. The molecule has 0 unspecified atom stereocenters. The second kappa shape index (κ2) is 8.07. The van der Waals surface area contributed by atoms with E-state index in [1.165, 1.54) is 12.4 Å². The Hall–Kier alpha value is -2.77. The highest BCUT2D eigenvalue weighted by atomic mass is 35.5. The van der Waals surface area contributed by atoms with Gasteiger partial charge in [-0.05, 0) is 18.2 Å². The Labute approximate surface area is 155 Å². The minimum absolute atomic E-state index is 0.0126. The number of hydrogen-bond acceptors (Lipinski definition) is 7. The summed E-state index contributed by atoms with van der Waals surface area (Å²) in [6, 6.07) is 8.51. The minimum Gasteiger partial charge on any atom is -0.506 e. The predicted molar refractivity (Wildman–Crippen MR) is 99.9 cm³/mol. The summed E-state index contributed by atoms with van der Waals surface area (Å²) in [6.07, 6.45) is 1.44. The molecule has 0 saturated heterocycles. The van der Waals surface area contributed by atoms with Crippen LogP contribution < -0.4 is 14.8 Å². The van der Waals surface area contributed by atoms with E-state index in [0.717, 1.165) is 5.39 Å². The van der Waals surface area contributed by atoms with Gasteiger partial charge >= 0.3 is 0 Å². The van der Waals surface area contributed by atoms with Crippen LogP contribution in [-0.4, -0.2) is 42.5 Å². The summed E-state index contributed by atoms with van der Waals surface area (Å²) in [4.78, 5) is 8.56. The number of rotatable bonds is 7. The number of hydrogen-bond donors (Lipinski definition) is 2. The van der Waals surface area contributed by atoms with Crippen LogP contribution in [0.5, 0.6) is 17.2 Å². The average molecular weight is 376 g/mol. The Morgan fingerprint density at radius 1 is 1.12 bits per heavy atom. The highest BCUT2D eigenvalue weighted by molar-refractivity contribution is 6.34. The molecule has 1 heterocycles. The van der Waals surface area contributed by atoms with Gasteiger partial charge in [-0.15, -0.1) is 0 Å². The molecule has 8 heteroatoms. The number of phenols is 1. The molecule has 136 valence electrons. The van der Waals surface area contributed by atoms with Gasteiger partial charge in [-0.1, -0.05) is 17.7 Å². The molecule has 0 bridgehead atoms. The fourth-order valence-corrected chi connectivity index (χ4v) is 2.59. The van der Waals surface area contributed by atoms with Gasteiger partial charge in [0.05, 0.1) is 24.9 Å². The smallest absolute Gasteiger partial charge is 0.163 e. The van der Waals surface area contributed by atoms with Gasteiger partial charge in [-0.25, -0.2) is 9.97 Å². The van der Waals surface area contributed by atoms with Crippen LogP contribution in [-0.2, 0) is 4.74 Å². The lowest BCUT2D eigenvalue weighted by Crippen LogP contribution is -2.05. The van der Waals surface area contributed by atoms with Crippen LogP contribution in [0.3, 0.4) is 0 Å². The molecule has 0 spiro atoms. The van der Waals surface area contributed by atoms with E-state index in [0.29, 0.717) is 41.7 Å². The monoisotopic (exact) mass is 375 g/mol. The van der Waals surface area contributed by atoms with Crippen LogP contribution >= 0.6 is 11.6 Å². The van der Waals surface area contributed by atoms with Crippen molar-refractivity contribution in [3.8, 4) is 17.2 Å². The molecule has 0 amide bonds. The molecule has 1 aromatic heterocycles. The van der Waals surface area contributed by atoms with Crippen molar-refractivity contribution in [3.63, 3.8) is 0 Å². The number of nitrogens with one attached hydrogen (secondary N) is 1. The van der Waals surface area contributed by atoms with E-state index in [1.807, 2.05) is 0 Å². The van der Waals surface area contributed by atoms with Gasteiger partial charge in [0.15, 0.2) is 11.5 Å². The first-order valence-corrected chi connectivity index (χ1v) is 8.20. The topological polar surface area (TPSA) is 85.7 Å². The van der Waals surface area contributed by atoms with Crippen LogP contribution in [0, 0.1) is 0 Å². The Morgan fingerprint density at radius 3 is 2.73 bits per heavy atom. The third-order valence-electron chi connectivity index (χ3n) is 3.70. The van der Waals surface area contributed by atoms with Gasteiger partial charge in [-0.3, -0.25) is 0 Å². The number of aromatic hydroxyl groups is 1. The molecular formula is C18H18ClN3O4. The summed E-state index contributed by atoms with van der Waals surface area (Å²) in [7, 11) is 3.17. The molecule has 0 fully saturated rings. The minimum atomic E-state index is -0.0126. The number of phenolic OH excluding ortho intramolecular Hbond substituents is 1. The molecule has 2 aromatic carbocycles. The second-order valence-corrected chi connectivity index (χ2v) is 5.73. The number of anilines is 2. The van der Waals surface area contributed by atoms with Crippen LogP contribution in [0.25, 0.3) is 10.9 Å². The normalized spacial score (nSPS) is 10.7. The first-order chi connectivity index (χ1) is 12.6. The maximum atomic E-state index is 9.76. The standard InChI is InChI=1S/C18H18ClN3O4/c1-24-6-7-26-16-9-13-11(8-15(16)25-2)18(21-10-20-13)22-12-4-3-5-14(23)17(12)19/h3-5,8-10,23H,6-7H2,1-2H3,(H,20,21,22). The molecule has 0 radical (unpaired) electrons. The lowest BCUT2D eigenvalue weighted by atomic mass is 10.2. The number of halogens is 1. The summed E-state index contributed by atoms with van der Waals surface area (Å²) in [5.74, 6) is 1.64. The van der Waals surface area contributed by atoms with Crippen molar-refractivity contribution in [2.24, 2.45) is 0 Å². The summed E-state index contributed by atoms with van der Waals surface area (Å²) in [6.45, 7) is 0.862. The zero-order valence-corrected chi connectivity index (χ0v) is 15.1. The lowest BCUT2D eigenvalue weighted by molar-refractivity contribution is 0.144. The molecule has 3 rings (SSSR count). The molecule has 0 aliphatic heterocycles. The van der Waals surface area contributed by atoms with Crippen LogP contribution in [0.15, 0.2) is 36.7 Å². The number of nitrogens with zero attached hydrogens (tertiary/aromatic N) is 2. The van der Waals surface area contributed by atoms with E-state index in [9.17, 15) is 5.11 Å². The summed E-state index contributed by atoms with van der Waals surface area (Å²) in [5, 5.41) is 13.8. The molecule has 0 atom stereocenters. The van der Waals surface area contributed by atoms with Crippen molar-refractivity contribution in [3.05, 3.63) is 41.7 Å². The Balaban J connectivity index is 2.00. The second-order valence-electron chi connectivity index (χ2n) is 5.35. The van der Waals surface area contributed by atoms with E-state index >= 15 is 0 Å². The fraction of sp³-hybridized carbons (Fsp3) is 0.222. The third-order valence-corrected chi connectivity index (χ3v) is 4.09. The van der Waals surface area contributed by atoms with Crippen LogP contribution in [0.4, 0.5) is 11.5 Å². The van der Waals surface area contributed by atoms with E-state index in [4.69, 9.17) is 25.8 Å². The Kier molecular flexibility index (Phi) is 5.60. The quantitative estimate of drug-likeness (QED) is 0.608. The lowest BCUT2D eigenvalue weighted by Gasteiger charge is -2.14. The number of benzene rings is 2. The van der Waals surface area contributed by atoms with Crippen molar-refractivity contribution in [1.29, 1.82) is 0 Å². The first-order valence-electron chi connectivity index (χ1n) is 7.83. The fourth-order valence-electron chi connectivity index (χ4n) is 2.41. The largest absolute Gasteiger partial charge is 0.506 e. The van der Waals surface area contributed by atoms with Crippen molar-refractivity contribution in [2.45, 2.75) is 0 Å². The van der Waals surface area contributed by atoms with E-state index in [-0.39, 0.29) is 10.8 Å². The molecule has 7 nitrogen and oxygen atoms in total. The molecule has 0 aliphatic rings. The van der Waals surface area contributed by atoms with E-state index < -0.39 is 0 Å². The van der Waals surface area contributed by atoms with Gasteiger partial charge in [-0.2, -0.15) is 0 Å². The van der Waals surface area contributed by atoms with Gasteiger partial charge in [0, 0.05) is 18.6 Å². The van der Waals surface area contributed by atoms with Gasteiger partial charge in [0.25, 0.3) is 0 Å². The van der Waals surface area contributed by atoms with Gasteiger partial charge in [0.2, 0.25) is 0 Å². The van der Waals surface area contributed by atoms with Gasteiger partial charge in [0.1, 0.15) is 29.5 Å². The van der Waals surface area contributed by atoms with Crippen molar-refractivity contribution in [1.82, 2.24) is 9.97 Å².